The molecule has 1 amide bonds. The summed E-state index contributed by atoms with van der Waals surface area (Å²) in [6.07, 6.45) is 3.86. The molecular formula is C26H24ClN5O2S. The number of thiophene rings is 1. The quantitative estimate of drug-likeness (QED) is 0.199. The Hall–Kier alpha value is -3.75. The molecule has 4 rings (SSSR count). The number of nitrogens with one attached hydrogen (secondary N) is 1. The fourth-order valence-corrected chi connectivity index (χ4v) is 4.94. The van der Waals surface area contributed by atoms with Crippen LogP contribution in [0.5, 0.6) is 0 Å². The standard InChI is InChI=1S/C26H24ClN5O2S/c1-3-18-14-20(25(34)19-9-5-6-10-21(19)27)26(35-18)32-16(2)30-31-23(32)15-29-24(33)13-12-17-8-4-7-11-22(17)28/h4-14H,3,15,28H2,1-2H3,(H,29,33)/b13-12+. The first kappa shape index (κ1) is 24.4. The van der Waals surface area contributed by atoms with E-state index in [0.717, 1.165) is 16.9 Å². The minimum Gasteiger partial charge on any atom is -0.398 e. The molecule has 9 heteroatoms. The lowest BCUT2D eigenvalue weighted by Crippen LogP contribution is -2.22. The Labute approximate surface area is 212 Å². The van der Waals surface area contributed by atoms with Crippen molar-refractivity contribution in [1.29, 1.82) is 0 Å². The predicted octanol–water partition coefficient (Wildman–Crippen LogP) is 5.00. The summed E-state index contributed by atoms with van der Waals surface area (Å²) >= 11 is 7.80. The Morgan fingerprint density at radius 1 is 1.11 bits per heavy atom. The average molecular weight is 506 g/mol. The van der Waals surface area contributed by atoms with E-state index >= 15 is 0 Å². The van der Waals surface area contributed by atoms with Gasteiger partial charge in [0.15, 0.2) is 11.6 Å². The van der Waals surface area contributed by atoms with Gasteiger partial charge in [0.05, 0.1) is 17.1 Å². The third kappa shape index (κ3) is 5.34. The van der Waals surface area contributed by atoms with Crippen molar-refractivity contribution in [3.05, 3.63) is 98.9 Å². The van der Waals surface area contributed by atoms with Gasteiger partial charge >= 0.3 is 0 Å². The zero-order valence-corrected chi connectivity index (χ0v) is 20.9. The largest absolute Gasteiger partial charge is 0.398 e. The van der Waals surface area contributed by atoms with Gasteiger partial charge in [0.2, 0.25) is 5.91 Å². The second kappa shape index (κ2) is 10.7. The summed E-state index contributed by atoms with van der Waals surface area (Å²) < 4.78 is 1.81. The zero-order chi connectivity index (χ0) is 24.9. The molecule has 35 heavy (non-hydrogen) atoms. The molecular weight excluding hydrogens is 482 g/mol. The van der Waals surface area contributed by atoms with Crippen LogP contribution in [0.4, 0.5) is 5.69 Å². The summed E-state index contributed by atoms with van der Waals surface area (Å²) in [5, 5.41) is 12.4. The number of hydrogen-bond acceptors (Lipinski definition) is 6. The van der Waals surface area contributed by atoms with Crippen LogP contribution in [-0.2, 0) is 17.8 Å². The van der Waals surface area contributed by atoms with Crippen LogP contribution in [0.1, 0.15) is 44.9 Å². The van der Waals surface area contributed by atoms with Crippen LogP contribution in [0.25, 0.3) is 11.1 Å². The first-order valence-electron chi connectivity index (χ1n) is 11.0. The molecule has 0 saturated heterocycles. The van der Waals surface area contributed by atoms with E-state index in [9.17, 15) is 9.59 Å². The summed E-state index contributed by atoms with van der Waals surface area (Å²) in [5.74, 6) is 0.655. The molecule has 2 aromatic heterocycles. The Balaban J connectivity index is 1.61. The van der Waals surface area contributed by atoms with E-state index in [1.807, 2.05) is 42.7 Å². The number of aryl methyl sites for hydroxylation is 2. The number of nitrogens with two attached hydrogens (primary N) is 1. The molecule has 2 aromatic carbocycles. The van der Waals surface area contributed by atoms with Crippen LogP contribution in [0.15, 0.2) is 60.7 Å². The number of nitrogens with zero attached hydrogens (tertiary/aromatic N) is 3. The van der Waals surface area contributed by atoms with Crippen molar-refractivity contribution in [2.24, 2.45) is 0 Å². The normalized spacial score (nSPS) is 11.2. The van der Waals surface area contributed by atoms with Gasteiger partial charge in [-0.15, -0.1) is 21.5 Å². The third-order valence-corrected chi connectivity index (χ3v) is 7.00. The van der Waals surface area contributed by atoms with Gasteiger partial charge < -0.3 is 11.1 Å². The number of anilines is 1. The van der Waals surface area contributed by atoms with Crippen molar-refractivity contribution < 1.29 is 9.59 Å². The van der Waals surface area contributed by atoms with Crippen LogP contribution < -0.4 is 11.1 Å². The van der Waals surface area contributed by atoms with Gasteiger partial charge in [-0.1, -0.05) is 48.9 Å². The lowest BCUT2D eigenvalue weighted by molar-refractivity contribution is -0.116. The van der Waals surface area contributed by atoms with Gasteiger partial charge in [0.25, 0.3) is 0 Å². The molecule has 0 aliphatic rings. The van der Waals surface area contributed by atoms with E-state index in [0.29, 0.717) is 38.5 Å². The molecule has 4 aromatic rings. The second-order valence-electron chi connectivity index (χ2n) is 7.77. The molecule has 0 atom stereocenters. The van der Waals surface area contributed by atoms with E-state index in [1.165, 1.54) is 17.4 Å². The molecule has 0 saturated carbocycles. The maximum atomic E-state index is 13.4. The molecule has 178 valence electrons. The Kier molecular flexibility index (Phi) is 7.43. The first-order chi connectivity index (χ1) is 16.9. The van der Waals surface area contributed by atoms with E-state index < -0.39 is 0 Å². The van der Waals surface area contributed by atoms with Gasteiger partial charge in [0.1, 0.15) is 10.8 Å². The summed E-state index contributed by atoms with van der Waals surface area (Å²) in [6, 6.07) is 16.2. The SMILES string of the molecule is CCc1cc(C(=O)c2ccccc2Cl)c(-n2c(C)nnc2CNC(=O)/C=C/c2ccccc2N)s1. The third-order valence-electron chi connectivity index (χ3n) is 5.40. The maximum absolute atomic E-state index is 13.4. The zero-order valence-electron chi connectivity index (χ0n) is 19.3. The Morgan fingerprint density at radius 2 is 1.86 bits per heavy atom. The molecule has 0 fully saturated rings. The molecule has 0 aliphatic heterocycles. The molecule has 0 spiro atoms. The summed E-state index contributed by atoms with van der Waals surface area (Å²) in [4.78, 5) is 26.9. The van der Waals surface area contributed by atoms with Gasteiger partial charge in [-0.05, 0) is 49.2 Å². The highest BCUT2D eigenvalue weighted by atomic mass is 35.5. The van der Waals surface area contributed by atoms with Crippen LogP contribution in [0.3, 0.4) is 0 Å². The highest BCUT2D eigenvalue weighted by Crippen LogP contribution is 2.32. The Morgan fingerprint density at radius 3 is 2.60 bits per heavy atom. The number of benzene rings is 2. The number of carbonyl (C=O) groups excluding carboxylic acids is 2. The van der Waals surface area contributed by atoms with Crippen molar-refractivity contribution in [3.8, 4) is 5.00 Å². The smallest absolute Gasteiger partial charge is 0.244 e. The van der Waals surface area contributed by atoms with Gasteiger partial charge in [-0.3, -0.25) is 14.2 Å². The molecule has 0 radical (unpaired) electrons. The minimum atomic E-state index is -0.298. The molecule has 0 aliphatic carbocycles. The number of rotatable bonds is 8. The van der Waals surface area contributed by atoms with Gasteiger partial charge in [0, 0.05) is 22.2 Å². The fraction of sp³-hybridized carbons (Fsp3) is 0.154. The number of amides is 1. The number of ketones is 1. The lowest BCUT2D eigenvalue weighted by atomic mass is 10.0. The van der Waals surface area contributed by atoms with E-state index in [4.69, 9.17) is 17.3 Å². The fourth-order valence-electron chi connectivity index (χ4n) is 3.56. The topological polar surface area (TPSA) is 103 Å². The first-order valence-corrected chi connectivity index (χ1v) is 12.2. The highest BCUT2D eigenvalue weighted by Gasteiger charge is 2.23. The molecule has 2 heterocycles. The van der Waals surface area contributed by atoms with Crippen molar-refractivity contribution in [2.45, 2.75) is 26.8 Å². The van der Waals surface area contributed by atoms with Crippen LogP contribution in [-0.4, -0.2) is 26.5 Å². The molecule has 7 nitrogen and oxygen atoms in total. The summed E-state index contributed by atoms with van der Waals surface area (Å²) in [7, 11) is 0. The van der Waals surface area contributed by atoms with Crippen molar-refractivity contribution in [2.75, 3.05) is 5.73 Å². The molecule has 0 unspecified atom stereocenters. The maximum Gasteiger partial charge on any atom is 0.244 e. The number of carbonyl (C=O) groups is 2. The lowest BCUT2D eigenvalue weighted by Gasteiger charge is -2.10. The van der Waals surface area contributed by atoms with Crippen molar-refractivity contribution in [3.63, 3.8) is 0 Å². The van der Waals surface area contributed by atoms with Crippen molar-refractivity contribution in [1.82, 2.24) is 20.1 Å². The van der Waals surface area contributed by atoms with Crippen LogP contribution in [0.2, 0.25) is 5.02 Å². The number of aromatic nitrogens is 3. The van der Waals surface area contributed by atoms with Crippen molar-refractivity contribution >= 4 is 46.4 Å². The number of para-hydroxylation sites is 1. The molecule has 0 bridgehead atoms. The molecule has 3 N–H and O–H groups in total. The van der Waals surface area contributed by atoms with E-state index in [-0.39, 0.29) is 18.2 Å². The number of nitrogen functional groups attached to an aromatic ring is 1. The highest BCUT2D eigenvalue weighted by molar-refractivity contribution is 7.15. The number of halogens is 1. The van der Waals surface area contributed by atoms with E-state index in [1.54, 1.807) is 36.4 Å². The monoisotopic (exact) mass is 505 g/mol. The average Bonchev–Trinajstić information content (AvgIpc) is 3.44. The number of hydrogen-bond donors (Lipinski definition) is 2. The van der Waals surface area contributed by atoms with Gasteiger partial charge in [-0.2, -0.15) is 0 Å². The van der Waals surface area contributed by atoms with E-state index in [2.05, 4.69) is 15.5 Å². The van der Waals surface area contributed by atoms with Crippen LogP contribution in [0, 0.1) is 6.92 Å². The minimum absolute atomic E-state index is 0.132. The Bertz CT molecular complexity index is 1420. The summed E-state index contributed by atoms with van der Waals surface area (Å²) in [5.41, 5.74) is 8.23. The van der Waals surface area contributed by atoms with Crippen LogP contribution >= 0.6 is 22.9 Å². The van der Waals surface area contributed by atoms with Gasteiger partial charge in [-0.25, -0.2) is 0 Å². The predicted molar refractivity (Wildman–Crippen MR) is 140 cm³/mol. The summed E-state index contributed by atoms with van der Waals surface area (Å²) in [6.45, 7) is 3.98. The second-order valence-corrected chi connectivity index (χ2v) is 9.30.